The smallest absolute Gasteiger partial charge is 0.243 e. The van der Waals surface area contributed by atoms with Crippen molar-refractivity contribution in [2.24, 2.45) is 0 Å². The number of para-hydroxylation sites is 1. The molecule has 2 aromatic rings. The number of rotatable bonds is 6. The van der Waals surface area contributed by atoms with E-state index in [2.05, 4.69) is 10.6 Å². The number of amides is 1. The first-order chi connectivity index (χ1) is 11.3. The molecule has 0 atom stereocenters. The Morgan fingerprint density at radius 3 is 2.42 bits per heavy atom. The summed E-state index contributed by atoms with van der Waals surface area (Å²) < 4.78 is 42.4. The second-order valence-corrected chi connectivity index (χ2v) is 6.94. The molecule has 2 N–H and O–H groups in total. The van der Waals surface area contributed by atoms with Gasteiger partial charge in [0.1, 0.15) is 16.5 Å². The number of carbonyl (C=O) groups excluding carboxylic acids is 1. The van der Waals surface area contributed by atoms with Crippen LogP contribution in [0.5, 0.6) is 5.75 Å². The van der Waals surface area contributed by atoms with E-state index in [0.717, 1.165) is 6.26 Å². The molecule has 0 saturated carbocycles. The van der Waals surface area contributed by atoms with Crippen molar-refractivity contribution in [1.29, 1.82) is 0 Å². The first-order valence-corrected chi connectivity index (χ1v) is 8.87. The number of hydrogen-bond donors (Lipinski definition) is 2. The third kappa shape index (κ3) is 4.23. The van der Waals surface area contributed by atoms with Crippen molar-refractivity contribution < 1.29 is 22.3 Å². The van der Waals surface area contributed by atoms with Gasteiger partial charge in [-0.2, -0.15) is 0 Å². The van der Waals surface area contributed by atoms with Crippen LogP contribution in [0, 0.1) is 5.82 Å². The van der Waals surface area contributed by atoms with E-state index < -0.39 is 21.6 Å². The molecule has 0 spiro atoms. The molecule has 24 heavy (non-hydrogen) atoms. The number of hydrogen-bond acceptors (Lipinski definition) is 5. The lowest BCUT2D eigenvalue weighted by molar-refractivity contribution is -0.114. The molecule has 0 aliphatic rings. The van der Waals surface area contributed by atoms with E-state index >= 15 is 0 Å². The minimum Gasteiger partial charge on any atom is -0.495 e. The van der Waals surface area contributed by atoms with Gasteiger partial charge < -0.3 is 15.4 Å². The number of benzene rings is 2. The second-order valence-electron chi connectivity index (χ2n) is 4.99. The lowest BCUT2D eigenvalue weighted by Gasteiger charge is -2.14. The predicted octanol–water partition coefficient (Wildman–Crippen LogP) is 2.29. The van der Waals surface area contributed by atoms with Crippen LogP contribution in [0.2, 0.25) is 0 Å². The van der Waals surface area contributed by atoms with Gasteiger partial charge in [-0.05, 0) is 24.3 Å². The highest BCUT2D eigenvalue weighted by atomic mass is 32.2. The summed E-state index contributed by atoms with van der Waals surface area (Å²) in [5, 5.41) is 5.15. The summed E-state index contributed by atoms with van der Waals surface area (Å²) in [7, 11) is -2.21. The van der Waals surface area contributed by atoms with Gasteiger partial charge in [-0.3, -0.25) is 4.79 Å². The normalized spacial score (nSPS) is 11.0. The van der Waals surface area contributed by atoms with E-state index in [0.29, 0.717) is 0 Å². The van der Waals surface area contributed by atoms with Crippen LogP contribution in [-0.2, 0) is 14.6 Å². The molecule has 1 amide bonds. The molecular formula is C16H17FN2O4S. The maximum absolute atomic E-state index is 13.5. The number of ether oxygens (including phenoxy) is 1. The Bertz CT molecular complexity index is 853. The van der Waals surface area contributed by atoms with E-state index in [9.17, 15) is 17.6 Å². The van der Waals surface area contributed by atoms with Crippen molar-refractivity contribution in [2.75, 3.05) is 30.5 Å². The zero-order valence-corrected chi connectivity index (χ0v) is 14.0. The number of nitrogens with one attached hydrogen (secondary N) is 2. The van der Waals surface area contributed by atoms with E-state index in [1.807, 2.05) is 0 Å². The molecule has 0 saturated heterocycles. The Morgan fingerprint density at radius 2 is 1.79 bits per heavy atom. The van der Waals surface area contributed by atoms with Crippen molar-refractivity contribution in [3.8, 4) is 5.75 Å². The van der Waals surface area contributed by atoms with Crippen molar-refractivity contribution in [3.63, 3.8) is 0 Å². The minimum atomic E-state index is -3.57. The maximum Gasteiger partial charge on any atom is 0.243 e. The van der Waals surface area contributed by atoms with Crippen LogP contribution >= 0.6 is 0 Å². The zero-order valence-electron chi connectivity index (χ0n) is 13.2. The monoisotopic (exact) mass is 352 g/mol. The van der Waals surface area contributed by atoms with E-state index in [4.69, 9.17) is 4.74 Å². The molecule has 0 fully saturated rings. The van der Waals surface area contributed by atoms with Gasteiger partial charge in [0.05, 0.1) is 25.0 Å². The first kappa shape index (κ1) is 17.7. The molecular weight excluding hydrogens is 335 g/mol. The van der Waals surface area contributed by atoms with Gasteiger partial charge in [-0.25, -0.2) is 12.8 Å². The fourth-order valence-electron chi connectivity index (χ4n) is 2.13. The summed E-state index contributed by atoms with van der Waals surface area (Å²) in [4.78, 5) is 11.9. The molecule has 0 radical (unpaired) electrons. The molecule has 6 nitrogen and oxygen atoms in total. The lowest BCUT2D eigenvalue weighted by Crippen LogP contribution is -2.23. The van der Waals surface area contributed by atoms with E-state index in [1.165, 1.54) is 37.4 Å². The average molecular weight is 352 g/mol. The SMILES string of the molecule is COc1cccc(NCC(=O)Nc2ccccc2F)c1S(C)(=O)=O. The van der Waals surface area contributed by atoms with Gasteiger partial charge in [0.2, 0.25) is 5.91 Å². The van der Waals surface area contributed by atoms with Gasteiger partial charge in [-0.1, -0.05) is 18.2 Å². The number of sulfone groups is 1. The standard InChI is InChI=1S/C16H17FN2O4S/c1-23-14-9-5-8-13(16(14)24(2,21)22)18-10-15(20)19-12-7-4-3-6-11(12)17/h3-9,18H,10H2,1-2H3,(H,19,20). The molecule has 8 heteroatoms. The van der Waals surface area contributed by atoms with Crippen LogP contribution in [0.4, 0.5) is 15.8 Å². The molecule has 0 heterocycles. The van der Waals surface area contributed by atoms with Crippen LogP contribution in [-0.4, -0.2) is 34.2 Å². The second kappa shape index (κ2) is 7.31. The van der Waals surface area contributed by atoms with Crippen molar-refractivity contribution in [1.82, 2.24) is 0 Å². The maximum atomic E-state index is 13.5. The molecule has 0 aliphatic carbocycles. The molecule has 2 rings (SSSR count). The van der Waals surface area contributed by atoms with Crippen LogP contribution < -0.4 is 15.4 Å². The topological polar surface area (TPSA) is 84.5 Å². The molecule has 0 unspecified atom stereocenters. The van der Waals surface area contributed by atoms with Gasteiger partial charge in [0.15, 0.2) is 9.84 Å². The summed E-state index contributed by atoms with van der Waals surface area (Å²) in [6.07, 6.45) is 1.05. The Labute approximate surface area is 139 Å². The lowest BCUT2D eigenvalue weighted by atomic mass is 10.3. The summed E-state index contributed by atoms with van der Waals surface area (Å²) in [5.41, 5.74) is 0.291. The number of methoxy groups -OCH3 is 1. The van der Waals surface area contributed by atoms with Crippen LogP contribution in [0.25, 0.3) is 0 Å². The van der Waals surface area contributed by atoms with Crippen molar-refractivity contribution in [2.45, 2.75) is 4.90 Å². The average Bonchev–Trinajstić information content (AvgIpc) is 2.53. The number of carbonyl (C=O) groups is 1. The molecule has 2 aromatic carbocycles. The summed E-state index contributed by atoms with van der Waals surface area (Å²) in [6, 6.07) is 10.4. The van der Waals surface area contributed by atoms with Crippen LogP contribution in [0.1, 0.15) is 0 Å². The molecule has 0 aliphatic heterocycles. The third-order valence-corrected chi connectivity index (χ3v) is 4.32. The Morgan fingerprint density at radius 1 is 1.12 bits per heavy atom. The van der Waals surface area contributed by atoms with E-state index in [1.54, 1.807) is 12.1 Å². The Kier molecular flexibility index (Phi) is 5.40. The Hall–Kier alpha value is -2.61. The van der Waals surface area contributed by atoms with E-state index in [-0.39, 0.29) is 28.6 Å². The van der Waals surface area contributed by atoms with Crippen molar-refractivity contribution in [3.05, 3.63) is 48.3 Å². The molecule has 0 aromatic heterocycles. The highest BCUT2D eigenvalue weighted by molar-refractivity contribution is 7.91. The van der Waals surface area contributed by atoms with Crippen LogP contribution in [0.3, 0.4) is 0 Å². The van der Waals surface area contributed by atoms with Gasteiger partial charge in [0.25, 0.3) is 0 Å². The third-order valence-electron chi connectivity index (χ3n) is 3.16. The van der Waals surface area contributed by atoms with Crippen molar-refractivity contribution >= 4 is 27.1 Å². The fraction of sp³-hybridized carbons (Fsp3) is 0.188. The highest BCUT2D eigenvalue weighted by Crippen LogP contribution is 2.31. The molecule has 128 valence electrons. The van der Waals surface area contributed by atoms with Gasteiger partial charge in [0, 0.05) is 6.26 Å². The summed E-state index contributed by atoms with van der Waals surface area (Å²) in [5.74, 6) is -0.886. The largest absolute Gasteiger partial charge is 0.495 e. The predicted molar refractivity (Wildman–Crippen MR) is 89.6 cm³/mol. The minimum absolute atomic E-state index is 0.0359. The number of halogens is 1. The highest BCUT2D eigenvalue weighted by Gasteiger charge is 2.19. The summed E-state index contributed by atoms with van der Waals surface area (Å²) >= 11 is 0. The first-order valence-electron chi connectivity index (χ1n) is 6.98. The van der Waals surface area contributed by atoms with Gasteiger partial charge >= 0.3 is 0 Å². The van der Waals surface area contributed by atoms with Gasteiger partial charge in [-0.15, -0.1) is 0 Å². The Balaban J connectivity index is 2.15. The number of anilines is 2. The van der Waals surface area contributed by atoms with Crippen LogP contribution in [0.15, 0.2) is 47.4 Å². The summed E-state index contributed by atoms with van der Waals surface area (Å²) in [6.45, 7) is -0.232. The molecule has 0 bridgehead atoms. The quantitative estimate of drug-likeness (QED) is 0.833. The fourth-order valence-corrected chi connectivity index (χ4v) is 3.19. The zero-order chi connectivity index (χ0) is 17.7.